The summed E-state index contributed by atoms with van der Waals surface area (Å²) in [6.07, 6.45) is 7.57. The Kier molecular flexibility index (Phi) is 5.65. The van der Waals surface area contributed by atoms with Gasteiger partial charge in [-0.3, -0.25) is 9.59 Å². The van der Waals surface area contributed by atoms with E-state index in [9.17, 15) is 9.59 Å². The van der Waals surface area contributed by atoms with Gasteiger partial charge < -0.3 is 10.6 Å². The number of fused-ring (bicyclic) bond motifs is 2. The van der Waals surface area contributed by atoms with Crippen LogP contribution in [0.15, 0.2) is 0 Å². The van der Waals surface area contributed by atoms with Crippen molar-refractivity contribution in [1.82, 2.24) is 10.6 Å². The molecule has 0 saturated heterocycles. The standard InChI is InChI=1S/C17H30N2O2/c1-4-11(2)16(19-12(3)20)17(21)18-8-7-15-10-13-5-6-14(15)9-13/h11,13-16H,4-10H2,1-3H3,(H,18,21)(H,19,20)/t11-,13-,14-,15-,16-/m0/s1. The normalized spacial score (nSPS) is 30.0. The van der Waals surface area contributed by atoms with Crippen molar-refractivity contribution in [2.24, 2.45) is 23.7 Å². The van der Waals surface area contributed by atoms with Gasteiger partial charge in [0.25, 0.3) is 0 Å². The first-order chi connectivity index (χ1) is 10.0. The van der Waals surface area contributed by atoms with Crippen molar-refractivity contribution in [3.8, 4) is 0 Å². The van der Waals surface area contributed by atoms with Crippen molar-refractivity contribution in [2.75, 3.05) is 6.54 Å². The number of carbonyl (C=O) groups is 2. The molecule has 2 aliphatic carbocycles. The van der Waals surface area contributed by atoms with Crippen molar-refractivity contribution in [1.29, 1.82) is 0 Å². The summed E-state index contributed by atoms with van der Waals surface area (Å²) in [7, 11) is 0. The van der Waals surface area contributed by atoms with E-state index in [2.05, 4.69) is 10.6 Å². The molecule has 0 radical (unpaired) electrons. The summed E-state index contributed by atoms with van der Waals surface area (Å²) in [6, 6.07) is -0.396. The van der Waals surface area contributed by atoms with E-state index in [-0.39, 0.29) is 17.7 Å². The maximum absolute atomic E-state index is 12.3. The number of hydrogen-bond acceptors (Lipinski definition) is 2. The Morgan fingerprint density at radius 1 is 1.24 bits per heavy atom. The Morgan fingerprint density at radius 2 is 2.00 bits per heavy atom. The molecule has 0 aromatic heterocycles. The molecule has 2 saturated carbocycles. The largest absolute Gasteiger partial charge is 0.354 e. The average Bonchev–Trinajstić information content (AvgIpc) is 3.06. The summed E-state index contributed by atoms with van der Waals surface area (Å²) in [5, 5.41) is 5.82. The zero-order valence-corrected chi connectivity index (χ0v) is 13.7. The van der Waals surface area contributed by atoms with Gasteiger partial charge >= 0.3 is 0 Å². The molecule has 0 aliphatic heterocycles. The van der Waals surface area contributed by atoms with Crippen LogP contribution in [-0.4, -0.2) is 24.4 Å². The molecule has 21 heavy (non-hydrogen) atoms. The minimum atomic E-state index is -0.396. The molecule has 0 spiro atoms. The fourth-order valence-corrected chi connectivity index (χ4v) is 4.14. The number of hydrogen-bond donors (Lipinski definition) is 2. The second-order valence-corrected chi connectivity index (χ2v) is 7.08. The lowest BCUT2D eigenvalue weighted by Gasteiger charge is -2.25. The second-order valence-electron chi connectivity index (χ2n) is 7.08. The van der Waals surface area contributed by atoms with Gasteiger partial charge in [0.15, 0.2) is 0 Å². The molecule has 120 valence electrons. The summed E-state index contributed by atoms with van der Waals surface area (Å²) in [6.45, 7) is 6.27. The molecule has 2 rings (SSSR count). The Morgan fingerprint density at radius 3 is 2.52 bits per heavy atom. The predicted molar refractivity (Wildman–Crippen MR) is 83.6 cm³/mol. The highest BCUT2D eigenvalue weighted by Gasteiger charge is 2.38. The van der Waals surface area contributed by atoms with Crippen LogP contribution in [0.4, 0.5) is 0 Å². The van der Waals surface area contributed by atoms with Gasteiger partial charge in [-0.05, 0) is 49.4 Å². The Bertz CT molecular complexity index is 383. The zero-order valence-electron chi connectivity index (χ0n) is 13.7. The first-order valence-corrected chi connectivity index (χ1v) is 8.56. The molecule has 4 nitrogen and oxygen atoms in total. The van der Waals surface area contributed by atoms with Gasteiger partial charge in [-0.25, -0.2) is 0 Å². The molecule has 2 bridgehead atoms. The van der Waals surface area contributed by atoms with E-state index < -0.39 is 6.04 Å². The number of amides is 2. The molecule has 0 unspecified atom stereocenters. The molecule has 2 N–H and O–H groups in total. The molecule has 2 aliphatic rings. The number of rotatable bonds is 7. The summed E-state index contributed by atoms with van der Waals surface area (Å²) < 4.78 is 0. The first-order valence-electron chi connectivity index (χ1n) is 8.56. The Hall–Kier alpha value is -1.06. The monoisotopic (exact) mass is 294 g/mol. The maximum Gasteiger partial charge on any atom is 0.242 e. The number of carbonyl (C=O) groups excluding carboxylic acids is 2. The zero-order chi connectivity index (χ0) is 15.4. The van der Waals surface area contributed by atoms with Gasteiger partial charge in [0.1, 0.15) is 6.04 Å². The first kappa shape index (κ1) is 16.3. The van der Waals surface area contributed by atoms with Crippen LogP contribution in [0.25, 0.3) is 0 Å². The predicted octanol–water partition coefficient (Wildman–Crippen LogP) is 2.48. The van der Waals surface area contributed by atoms with Crippen molar-refractivity contribution < 1.29 is 9.59 Å². The molecule has 0 heterocycles. The Balaban J connectivity index is 1.75. The molecule has 0 aromatic rings. The van der Waals surface area contributed by atoms with E-state index in [1.165, 1.54) is 32.6 Å². The molecule has 2 amide bonds. The van der Waals surface area contributed by atoms with Crippen molar-refractivity contribution in [2.45, 2.75) is 65.3 Å². The van der Waals surface area contributed by atoms with E-state index >= 15 is 0 Å². The van der Waals surface area contributed by atoms with Gasteiger partial charge in [0.05, 0.1) is 0 Å². The summed E-state index contributed by atoms with van der Waals surface area (Å²) in [5.74, 6) is 2.69. The third-order valence-electron chi connectivity index (χ3n) is 5.55. The van der Waals surface area contributed by atoms with E-state index in [1.54, 1.807) is 0 Å². The topological polar surface area (TPSA) is 58.2 Å². The maximum atomic E-state index is 12.3. The highest BCUT2D eigenvalue weighted by molar-refractivity contribution is 5.87. The van der Waals surface area contributed by atoms with Crippen molar-refractivity contribution >= 4 is 11.8 Å². The minimum Gasteiger partial charge on any atom is -0.354 e. The Labute approximate surface area is 128 Å². The van der Waals surface area contributed by atoms with Crippen LogP contribution in [0.1, 0.15) is 59.3 Å². The molecule has 2 fully saturated rings. The van der Waals surface area contributed by atoms with E-state index in [0.29, 0.717) is 0 Å². The van der Waals surface area contributed by atoms with Crippen LogP contribution in [0.3, 0.4) is 0 Å². The lowest BCUT2D eigenvalue weighted by Crippen LogP contribution is -2.50. The van der Waals surface area contributed by atoms with E-state index in [0.717, 1.165) is 37.1 Å². The van der Waals surface area contributed by atoms with Crippen LogP contribution in [-0.2, 0) is 9.59 Å². The smallest absolute Gasteiger partial charge is 0.242 e. The number of nitrogens with one attached hydrogen (secondary N) is 2. The fourth-order valence-electron chi connectivity index (χ4n) is 4.14. The van der Waals surface area contributed by atoms with Crippen LogP contribution in [0, 0.1) is 23.7 Å². The third-order valence-corrected chi connectivity index (χ3v) is 5.55. The molecular formula is C17H30N2O2. The van der Waals surface area contributed by atoms with Gasteiger partial charge in [-0.2, -0.15) is 0 Å². The van der Waals surface area contributed by atoms with Crippen LogP contribution in [0.5, 0.6) is 0 Å². The SMILES string of the molecule is CC[C@H](C)[C@H](NC(C)=O)C(=O)NCC[C@H]1C[C@H]2CC[C@H]1C2. The highest BCUT2D eigenvalue weighted by Crippen LogP contribution is 2.49. The van der Waals surface area contributed by atoms with Gasteiger partial charge in [-0.15, -0.1) is 0 Å². The lowest BCUT2D eigenvalue weighted by molar-refractivity contribution is -0.129. The third kappa shape index (κ3) is 4.21. The summed E-state index contributed by atoms with van der Waals surface area (Å²) in [4.78, 5) is 23.5. The summed E-state index contributed by atoms with van der Waals surface area (Å²) >= 11 is 0. The van der Waals surface area contributed by atoms with E-state index in [1.807, 2.05) is 13.8 Å². The van der Waals surface area contributed by atoms with Crippen LogP contribution < -0.4 is 10.6 Å². The molecular weight excluding hydrogens is 264 g/mol. The van der Waals surface area contributed by atoms with Crippen LogP contribution >= 0.6 is 0 Å². The second kappa shape index (κ2) is 7.28. The molecule has 0 aromatic carbocycles. The van der Waals surface area contributed by atoms with Crippen molar-refractivity contribution in [3.05, 3.63) is 0 Å². The lowest BCUT2D eigenvalue weighted by atomic mass is 9.86. The quantitative estimate of drug-likeness (QED) is 0.758. The fraction of sp³-hybridized carbons (Fsp3) is 0.882. The minimum absolute atomic E-state index is 0.0253. The van der Waals surface area contributed by atoms with Gasteiger partial charge in [0, 0.05) is 13.5 Å². The van der Waals surface area contributed by atoms with Crippen LogP contribution in [0.2, 0.25) is 0 Å². The van der Waals surface area contributed by atoms with Gasteiger partial charge in [-0.1, -0.05) is 26.7 Å². The van der Waals surface area contributed by atoms with Crippen molar-refractivity contribution in [3.63, 3.8) is 0 Å². The average molecular weight is 294 g/mol. The summed E-state index contributed by atoms with van der Waals surface area (Å²) in [5.41, 5.74) is 0. The van der Waals surface area contributed by atoms with Gasteiger partial charge in [0.2, 0.25) is 11.8 Å². The molecule has 4 heteroatoms. The highest BCUT2D eigenvalue weighted by atomic mass is 16.2. The molecule has 5 atom stereocenters. The van der Waals surface area contributed by atoms with E-state index in [4.69, 9.17) is 0 Å².